The number of hydrogen-bond donors (Lipinski definition) is 0. The van der Waals surface area contributed by atoms with Gasteiger partial charge in [0, 0.05) is 6.54 Å². The Kier molecular flexibility index (Phi) is 2.98. The van der Waals surface area contributed by atoms with E-state index in [1.54, 1.807) is 12.1 Å². The lowest BCUT2D eigenvalue weighted by Crippen LogP contribution is -2.02. The van der Waals surface area contributed by atoms with Crippen LogP contribution in [0, 0.1) is 5.82 Å². The van der Waals surface area contributed by atoms with E-state index in [1.165, 1.54) is 12.1 Å². The highest BCUT2D eigenvalue weighted by atomic mass is 31.0. The first-order chi connectivity index (χ1) is 5.18. The Morgan fingerprint density at radius 3 is 2.36 bits per heavy atom. The highest BCUT2D eigenvalue weighted by molar-refractivity contribution is 7.13. The molecule has 60 valence electrons. The van der Waals surface area contributed by atoms with Crippen molar-refractivity contribution in [1.29, 1.82) is 0 Å². The minimum absolute atomic E-state index is 0.180. The van der Waals surface area contributed by atoms with E-state index in [2.05, 4.69) is 9.39 Å². The number of rotatable bonds is 2. The number of nitrogens with zero attached hydrogens (tertiary/aromatic N) is 1. The second-order valence-corrected chi connectivity index (χ2v) is 3.42. The SMILES string of the molecule is CN(P)Cc1ccc(F)cc1. The average Bonchev–Trinajstić information content (AvgIpc) is 1.93. The molecule has 0 spiro atoms. The second-order valence-electron chi connectivity index (χ2n) is 2.54. The smallest absolute Gasteiger partial charge is 0.123 e. The van der Waals surface area contributed by atoms with Gasteiger partial charge in [0.25, 0.3) is 0 Å². The lowest BCUT2D eigenvalue weighted by atomic mass is 10.2. The van der Waals surface area contributed by atoms with E-state index >= 15 is 0 Å². The van der Waals surface area contributed by atoms with Crippen molar-refractivity contribution in [3.63, 3.8) is 0 Å². The Morgan fingerprint density at radius 2 is 1.91 bits per heavy atom. The van der Waals surface area contributed by atoms with Crippen LogP contribution in [0.25, 0.3) is 0 Å². The topological polar surface area (TPSA) is 3.24 Å². The van der Waals surface area contributed by atoms with Gasteiger partial charge >= 0.3 is 0 Å². The van der Waals surface area contributed by atoms with E-state index in [0.29, 0.717) is 0 Å². The van der Waals surface area contributed by atoms with E-state index in [1.807, 2.05) is 11.7 Å². The van der Waals surface area contributed by atoms with E-state index in [-0.39, 0.29) is 5.82 Å². The van der Waals surface area contributed by atoms with Gasteiger partial charge in [-0.25, -0.2) is 4.39 Å². The minimum Gasteiger partial charge on any atom is -0.286 e. The summed E-state index contributed by atoms with van der Waals surface area (Å²) in [6, 6.07) is 6.53. The fourth-order valence-electron chi connectivity index (χ4n) is 0.878. The highest BCUT2D eigenvalue weighted by Gasteiger charge is 1.94. The molecule has 0 radical (unpaired) electrons. The molecule has 0 saturated carbocycles. The first-order valence-corrected chi connectivity index (χ1v) is 3.90. The van der Waals surface area contributed by atoms with Gasteiger partial charge < -0.3 is 0 Å². The van der Waals surface area contributed by atoms with E-state index < -0.39 is 0 Å². The van der Waals surface area contributed by atoms with E-state index in [4.69, 9.17) is 0 Å². The Labute approximate surface area is 68.5 Å². The third-order valence-corrected chi connectivity index (χ3v) is 1.53. The molecule has 1 atom stereocenters. The monoisotopic (exact) mass is 171 g/mol. The van der Waals surface area contributed by atoms with Crippen LogP contribution < -0.4 is 0 Å². The maximum atomic E-state index is 12.4. The predicted octanol–water partition coefficient (Wildman–Crippen LogP) is 2.05. The third-order valence-electron chi connectivity index (χ3n) is 1.35. The summed E-state index contributed by atoms with van der Waals surface area (Å²) < 4.78 is 14.4. The zero-order chi connectivity index (χ0) is 8.27. The van der Waals surface area contributed by atoms with Crippen LogP contribution in [-0.4, -0.2) is 11.7 Å². The molecule has 0 aliphatic rings. The summed E-state index contributed by atoms with van der Waals surface area (Å²) in [5, 5.41) is 0. The van der Waals surface area contributed by atoms with Gasteiger partial charge in [-0.2, -0.15) is 0 Å². The molecule has 1 rings (SSSR count). The maximum Gasteiger partial charge on any atom is 0.123 e. The number of hydrogen-bond acceptors (Lipinski definition) is 1. The van der Waals surface area contributed by atoms with E-state index in [0.717, 1.165) is 12.1 Å². The van der Waals surface area contributed by atoms with Crippen LogP contribution in [-0.2, 0) is 6.54 Å². The zero-order valence-electron chi connectivity index (χ0n) is 6.42. The van der Waals surface area contributed by atoms with E-state index in [9.17, 15) is 4.39 Å². The Hall–Kier alpha value is -0.460. The molecule has 1 nitrogen and oxygen atoms in total. The van der Waals surface area contributed by atoms with Crippen molar-refractivity contribution in [2.45, 2.75) is 6.54 Å². The fraction of sp³-hybridized carbons (Fsp3) is 0.250. The van der Waals surface area contributed by atoms with Crippen molar-refractivity contribution in [3.8, 4) is 0 Å². The molecule has 11 heavy (non-hydrogen) atoms. The van der Waals surface area contributed by atoms with Crippen molar-refractivity contribution < 1.29 is 4.39 Å². The summed E-state index contributed by atoms with van der Waals surface area (Å²) in [7, 11) is 4.51. The quantitative estimate of drug-likeness (QED) is 0.615. The van der Waals surface area contributed by atoms with Crippen molar-refractivity contribution >= 4 is 9.39 Å². The van der Waals surface area contributed by atoms with Gasteiger partial charge in [0.1, 0.15) is 5.82 Å². The molecule has 0 heterocycles. The van der Waals surface area contributed by atoms with Gasteiger partial charge in [0.2, 0.25) is 0 Å². The molecule has 3 heteroatoms. The molecule has 0 saturated heterocycles. The molecule has 0 fully saturated rings. The summed E-state index contributed by atoms with van der Waals surface area (Å²) in [5.74, 6) is -0.180. The lowest BCUT2D eigenvalue weighted by Gasteiger charge is -2.08. The van der Waals surface area contributed by atoms with Gasteiger partial charge in [0.15, 0.2) is 0 Å². The molecule has 0 aliphatic carbocycles. The van der Waals surface area contributed by atoms with Gasteiger partial charge in [-0.05, 0) is 24.7 Å². The molecular weight excluding hydrogens is 160 g/mol. The summed E-state index contributed by atoms with van der Waals surface area (Å²) in [5.41, 5.74) is 1.11. The molecule has 0 bridgehead atoms. The zero-order valence-corrected chi connectivity index (χ0v) is 7.57. The molecule has 0 amide bonds. The van der Waals surface area contributed by atoms with Crippen molar-refractivity contribution in [2.75, 3.05) is 7.05 Å². The molecule has 0 aliphatic heterocycles. The third kappa shape index (κ3) is 2.96. The Morgan fingerprint density at radius 1 is 1.36 bits per heavy atom. The molecular formula is C8H11FNP. The predicted molar refractivity (Wildman–Crippen MR) is 47.6 cm³/mol. The lowest BCUT2D eigenvalue weighted by molar-refractivity contribution is 0.561. The summed E-state index contributed by atoms with van der Waals surface area (Å²) in [6.45, 7) is 0.824. The van der Waals surface area contributed by atoms with Crippen LogP contribution in [0.2, 0.25) is 0 Å². The Balaban J connectivity index is 2.66. The minimum atomic E-state index is -0.180. The second kappa shape index (κ2) is 3.80. The van der Waals surface area contributed by atoms with Gasteiger partial charge in [-0.15, -0.1) is 0 Å². The summed E-state index contributed by atoms with van der Waals surface area (Å²) >= 11 is 0. The number of benzene rings is 1. The molecule has 1 unspecified atom stereocenters. The summed E-state index contributed by atoms with van der Waals surface area (Å²) in [6.07, 6.45) is 0. The van der Waals surface area contributed by atoms with Crippen molar-refractivity contribution in [2.24, 2.45) is 0 Å². The largest absolute Gasteiger partial charge is 0.286 e. The van der Waals surface area contributed by atoms with Crippen LogP contribution in [0.4, 0.5) is 4.39 Å². The first-order valence-electron chi connectivity index (χ1n) is 3.39. The van der Waals surface area contributed by atoms with Crippen LogP contribution in [0.15, 0.2) is 24.3 Å². The molecule has 0 N–H and O–H groups in total. The van der Waals surface area contributed by atoms with Gasteiger partial charge in [-0.3, -0.25) is 4.67 Å². The van der Waals surface area contributed by atoms with Crippen molar-refractivity contribution in [3.05, 3.63) is 35.6 Å². The van der Waals surface area contributed by atoms with Crippen LogP contribution in [0.1, 0.15) is 5.56 Å². The Bertz CT molecular complexity index is 220. The standard InChI is InChI=1S/C8H11FNP/c1-10(11)6-7-2-4-8(9)5-3-7/h2-5H,6,11H2,1H3. The number of halogens is 1. The summed E-state index contributed by atoms with van der Waals surface area (Å²) in [4.78, 5) is 0. The van der Waals surface area contributed by atoms with Gasteiger partial charge in [0.05, 0.1) is 0 Å². The molecule has 1 aromatic carbocycles. The highest BCUT2D eigenvalue weighted by Crippen LogP contribution is 2.07. The normalized spacial score (nSPS) is 10.5. The van der Waals surface area contributed by atoms with Crippen LogP contribution >= 0.6 is 9.39 Å². The van der Waals surface area contributed by atoms with Crippen molar-refractivity contribution in [1.82, 2.24) is 4.67 Å². The van der Waals surface area contributed by atoms with Crippen LogP contribution in [0.5, 0.6) is 0 Å². The average molecular weight is 171 g/mol. The molecule has 1 aromatic rings. The van der Waals surface area contributed by atoms with Crippen LogP contribution in [0.3, 0.4) is 0 Å². The first kappa shape index (κ1) is 8.63. The maximum absolute atomic E-state index is 12.4. The molecule has 0 aromatic heterocycles. The van der Waals surface area contributed by atoms with Gasteiger partial charge in [-0.1, -0.05) is 21.5 Å². The fourth-order valence-corrected chi connectivity index (χ4v) is 1.09.